The second-order valence-electron chi connectivity index (χ2n) is 2.21. The average Bonchev–Trinajstić information content (AvgIpc) is 2.04. The lowest BCUT2D eigenvalue weighted by Gasteiger charge is -2.07. The van der Waals surface area contributed by atoms with E-state index in [0.29, 0.717) is 12.2 Å². The number of anilines is 2. The Labute approximate surface area is 65.6 Å². The zero-order valence-electron chi connectivity index (χ0n) is 6.46. The third-order valence-electron chi connectivity index (χ3n) is 1.56. The van der Waals surface area contributed by atoms with Crippen molar-refractivity contribution in [1.29, 1.82) is 0 Å². The summed E-state index contributed by atoms with van der Waals surface area (Å²) in [6.07, 6.45) is 3.31. The van der Waals surface area contributed by atoms with Crippen LogP contribution in [0.1, 0.15) is 5.56 Å². The lowest BCUT2D eigenvalue weighted by molar-refractivity contribution is 1.06. The van der Waals surface area contributed by atoms with E-state index in [4.69, 9.17) is 11.5 Å². The van der Waals surface area contributed by atoms with Gasteiger partial charge < -0.3 is 16.8 Å². The second kappa shape index (κ2) is 3.21. The van der Waals surface area contributed by atoms with E-state index in [1.807, 2.05) is 7.05 Å². The largest absolute Gasteiger partial charge is 0.397 e. The maximum Gasteiger partial charge on any atom is 0.0590 e. The van der Waals surface area contributed by atoms with Gasteiger partial charge in [0.15, 0.2) is 0 Å². The quantitative estimate of drug-likeness (QED) is 0.564. The van der Waals surface area contributed by atoms with Gasteiger partial charge in [0.2, 0.25) is 0 Å². The minimum atomic E-state index is 0.435. The molecule has 1 rings (SSSR count). The number of nitrogens with two attached hydrogens (primary N) is 2. The lowest BCUT2D eigenvalue weighted by atomic mass is 10.2. The Balaban J connectivity index is 3.13. The topological polar surface area (TPSA) is 77.0 Å². The second-order valence-corrected chi connectivity index (χ2v) is 2.21. The van der Waals surface area contributed by atoms with Crippen LogP contribution in [-0.4, -0.2) is 12.0 Å². The highest BCUT2D eigenvalue weighted by Crippen LogP contribution is 2.18. The summed E-state index contributed by atoms with van der Waals surface area (Å²) in [7, 11) is 1.82. The minimum Gasteiger partial charge on any atom is -0.397 e. The molecule has 11 heavy (non-hydrogen) atoms. The van der Waals surface area contributed by atoms with Gasteiger partial charge in [-0.2, -0.15) is 0 Å². The van der Waals surface area contributed by atoms with E-state index < -0.39 is 0 Å². The van der Waals surface area contributed by atoms with Crippen LogP contribution in [0.3, 0.4) is 0 Å². The van der Waals surface area contributed by atoms with E-state index in [9.17, 15) is 0 Å². The normalized spacial score (nSPS) is 9.64. The van der Waals surface area contributed by atoms with Crippen molar-refractivity contribution in [3.8, 4) is 0 Å². The van der Waals surface area contributed by atoms with Crippen LogP contribution in [0.4, 0.5) is 11.4 Å². The standard InChI is InChI=1S/C7H12N4/c1-10-7-4-11-3-6(9)5(7)2-8/h3-4,10H,2,8-9H2,1H3. The van der Waals surface area contributed by atoms with Gasteiger partial charge in [0, 0.05) is 19.2 Å². The van der Waals surface area contributed by atoms with Crippen LogP contribution in [0.2, 0.25) is 0 Å². The first-order chi connectivity index (χ1) is 5.29. The highest BCUT2D eigenvalue weighted by Gasteiger charge is 2.01. The van der Waals surface area contributed by atoms with E-state index in [0.717, 1.165) is 11.3 Å². The first kappa shape index (κ1) is 7.81. The highest BCUT2D eigenvalue weighted by molar-refractivity contribution is 5.60. The molecule has 0 aliphatic heterocycles. The van der Waals surface area contributed by atoms with Gasteiger partial charge in [0.25, 0.3) is 0 Å². The van der Waals surface area contributed by atoms with Gasteiger partial charge in [-0.25, -0.2) is 0 Å². The monoisotopic (exact) mass is 152 g/mol. The Morgan fingerprint density at radius 3 is 2.73 bits per heavy atom. The smallest absolute Gasteiger partial charge is 0.0590 e. The molecule has 0 amide bonds. The zero-order chi connectivity index (χ0) is 8.27. The van der Waals surface area contributed by atoms with Crippen molar-refractivity contribution in [2.45, 2.75) is 6.54 Å². The molecular formula is C7H12N4. The molecule has 0 atom stereocenters. The number of hydrogen-bond acceptors (Lipinski definition) is 4. The molecule has 1 aromatic rings. The van der Waals surface area contributed by atoms with Crippen molar-refractivity contribution in [2.75, 3.05) is 18.1 Å². The van der Waals surface area contributed by atoms with E-state index in [2.05, 4.69) is 10.3 Å². The predicted molar refractivity (Wildman–Crippen MR) is 46.1 cm³/mol. The molecule has 0 radical (unpaired) electrons. The van der Waals surface area contributed by atoms with E-state index in [-0.39, 0.29) is 0 Å². The van der Waals surface area contributed by atoms with Crippen molar-refractivity contribution in [3.63, 3.8) is 0 Å². The van der Waals surface area contributed by atoms with Gasteiger partial charge in [-0.15, -0.1) is 0 Å². The molecule has 0 aromatic carbocycles. The van der Waals surface area contributed by atoms with Gasteiger partial charge in [0.05, 0.1) is 23.8 Å². The molecule has 0 saturated carbocycles. The number of nitrogens with zero attached hydrogens (tertiary/aromatic N) is 1. The molecule has 0 unspecified atom stereocenters. The first-order valence-electron chi connectivity index (χ1n) is 3.39. The summed E-state index contributed by atoms with van der Waals surface area (Å²) in [5.74, 6) is 0. The molecule has 60 valence electrons. The van der Waals surface area contributed by atoms with Crippen molar-refractivity contribution in [1.82, 2.24) is 4.98 Å². The third kappa shape index (κ3) is 1.40. The van der Waals surface area contributed by atoms with Gasteiger partial charge >= 0.3 is 0 Å². The number of rotatable bonds is 2. The molecule has 0 fully saturated rings. The first-order valence-corrected chi connectivity index (χ1v) is 3.39. The molecule has 0 bridgehead atoms. The fourth-order valence-corrected chi connectivity index (χ4v) is 0.947. The summed E-state index contributed by atoms with van der Waals surface area (Å²) in [5, 5.41) is 2.96. The summed E-state index contributed by atoms with van der Waals surface area (Å²) in [4.78, 5) is 3.92. The van der Waals surface area contributed by atoms with Crippen molar-refractivity contribution >= 4 is 11.4 Å². The predicted octanol–water partition coefficient (Wildman–Crippen LogP) is 0.164. The SMILES string of the molecule is CNc1cncc(N)c1CN. The lowest BCUT2D eigenvalue weighted by Crippen LogP contribution is -2.06. The molecule has 5 N–H and O–H groups in total. The summed E-state index contributed by atoms with van der Waals surface area (Å²) >= 11 is 0. The Morgan fingerprint density at radius 1 is 1.55 bits per heavy atom. The van der Waals surface area contributed by atoms with Gasteiger partial charge in [0.1, 0.15) is 0 Å². The van der Waals surface area contributed by atoms with Crippen LogP contribution in [-0.2, 0) is 6.54 Å². The van der Waals surface area contributed by atoms with Crippen LogP contribution < -0.4 is 16.8 Å². The molecule has 4 nitrogen and oxygen atoms in total. The minimum absolute atomic E-state index is 0.435. The molecule has 1 aromatic heterocycles. The van der Waals surface area contributed by atoms with E-state index in [1.54, 1.807) is 12.4 Å². The molecule has 0 saturated heterocycles. The van der Waals surface area contributed by atoms with Gasteiger partial charge in [-0.1, -0.05) is 0 Å². The Hall–Kier alpha value is -1.29. The fourth-order valence-electron chi connectivity index (χ4n) is 0.947. The fraction of sp³-hybridized carbons (Fsp3) is 0.286. The molecule has 0 spiro atoms. The van der Waals surface area contributed by atoms with E-state index >= 15 is 0 Å². The van der Waals surface area contributed by atoms with Crippen LogP contribution >= 0.6 is 0 Å². The highest BCUT2D eigenvalue weighted by atomic mass is 14.9. The van der Waals surface area contributed by atoms with Crippen molar-refractivity contribution in [2.24, 2.45) is 5.73 Å². The van der Waals surface area contributed by atoms with Crippen molar-refractivity contribution < 1.29 is 0 Å². The molecule has 1 heterocycles. The van der Waals surface area contributed by atoms with Gasteiger partial charge in [-0.05, 0) is 0 Å². The Kier molecular flexibility index (Phi) is 2.28. The van der Waals surface area contributed by atoms with Crippen LogP contribution in [0.15, 0.2) is 12.4 Å². The number of nitrogen functional groups attached to an aromatic ring is 1. The van der Waals surface area contributed by atoms with Crippen LogP contribution in [0.25, 0.3) is 0 Å². The maximum absolute atomic E-state index is 5.62. The molecular weight excluding hydrogens is 140 g/mol. The van der Waals surface area contributed by atoms with Crippen molar-refractivity contribution in [3.05, 3.63) is 18.0 Å². The Morgan fingerprint density at radius 2 is 2.27 bits per heavy atom. The summed E-state index contributed by atoms with van der Waals surface area (Å²) in [6, 6.07) is 0. The molecule has 0 aliphatic carbocycles. The maximum atomic E-state index is 5.62. The summed E-state index contributed by atoms with van der Waals surface area (Å²) in [6.45, 7) is 0.435. The third-order valence-corrected chi connectivity index (χ3v) is 1.56. The molecule has 0 aliphatic rings. The number of hydrogen-bond donors (Lipinski definition) is 3. The number of pyridine rings is 1. The summed E-state index contributed by atoms with van der Waals surface area (Å²) < 4.78 is 0. The number of nitrogens with one attached hydrogen (secondary N) is 1. The van der Waals surface area contributed by atoms with Crippen LogP contribution in [0, 0.1) is 0 Å². The molecule has 4 heteroatoms. The number of aromatic nitrogens is 1. The average molecular weight is 152 g/mol. The zero-order valence-corrected chi connectivity index (χ0v) is 6.46. The van der Waals surface area contributed by atoms with Crippen LogP contribution in [0.5, 0.6) is 0 Å². The van der Waals surface area contributed by atoms with Gasteiger partial charge in [-0.3, -0.25) is 4.98 Å². The summed E-state index contributed by atoms with van der Waals surface area (Å²) in [5.41, 5.74) is 13.6. The Bertz CT molecular complexity index is 246. The van der Waals surface area contributed by atoms with E-state index in [1.165, 1.54) is 0 Å².